The van der Waals surface area contributed by atoms with Crippen molar-refractivity contribution in [2.45, 2.75) is 12.8 Å². The van der Waals surface area contributed by atoms with Gasteiger partial charge in [0.05, 0.1) is 12.1 Å². The van der Waals surface area contributed by atoms with Crippen molar-refractivity contribution in [1.82, 2.24) is 20.3 Å². The van der Waals surface area contributed by atoms with Crippen molar-refractivity contribution in [3.63, 3.8) is 0 Å². The number of benzene rings is 1. The lowest BCUT2D eigenvalue weighted by molar-refractivity contribution is -0.120. The molecule has 6 nitrogen and oxygen atoms in total. The van der Waals surface area contributed by atoms with Gasteiger partial charge in [-0.15, -0.1) is 11.3 Å². The van der Waals surface area contributed by atoms with E-state index in [1.165, 1.54) is 11.3 Å². The number of rotatable bonds is 7. The molecule has 1 aromatic carbocycles. The molecule has 0 saturated carbocycles. The molecule has 2 aromatic heterocycles. The Morgan fingerprint density at radius 2 is 1.92 bits per heavy atom. The topological polar surface area (TPSA) is 79.8 Å². The van der Waals surface area contributed by atoms with E-state index < -0.39 is 0 Å². The molecule has 0 fully saturated rings. The zero-order chi connectivity index (χ0) is 17.5. The van der Waals surface area contributed by atoms with Crippen LogP contribution < -0.4 is 10.6 Å². The molecule has 2 N–H and O–H groups in total. The summed E-state index contributed by atoms with van der Waals surface area (Å²) in [5, 5.41) is 9.13. The highest BCUT2D eigenvalue weighted by atomic mass is 35.5. The van der Waals surface area contributed by atoms with E-state index in [1.54, 1.807) is 18.5 Å². The maximum absolute atomic E-state index is 12.0. The third-order valence-corrected chi connectivity index (χ3v) is 4.39. The zero-order valence-electron chi connectivity index (χ0n) is 13.3. The van der Waals surface area contributed by atoms with Crippen LogP contribution in [0, 0.1) is 0 Å². The van der Waals surface area contributed by atoms with Gasteiger partial charge in [-0.1, -0.05) is 23.7 Å². The summed E-state index contributed by atoms with van der Waals surface area (Å²) in [6.07, 6.45) is 4.31. The Kier molecular flexibility index (Phi) is 5.92. The summed E-state index contributed by atoms with van der Waals surface area (Å²) in [4.78, 5) is 24.5. The number of carbonyl (C=O) groups is 1. The summed E-state index contributed by atoms with van der Waals surface area (Å²) in [6.45, 7) is 0.577. The predicted molar refractivity (Wildman–Crippen MR) is 99.3 cm³/mol. The quantitative estimate of drug-likeness (QED) is 0.664. The van der Waals surface area contributed by atoms with Crippen molar-refractivity contribution in [2.24, 2.45) is 0 Å². The van der Waals surface area contributed by atoms with Gasteiger partial charge in [-0.3, -0.25) is 4.79 Å². The van der Waals surface area contributed by atoms with Crippen LogP contribution in [0.3, 0.4) is 0 Å². The maximum Gasteiger partial charge on any atom is 0.228 e. The SMILES string of the molecule is O=C(Cc1csc(Nc2ncccn2)n1)NCCc1ccc(Cl)cc1. The Labute approximate surface area is 154 Å². The minimum absolute atomic E-state index is 0.0539. The number of amides is 1. The zero-order valence-corrected chi connectivity index (χ0v) is 14.8. The first kappa shape index (κ1) is 17.3. The summed E-state index contributed by atoms with van der Waals surface area (Å²) < 4.78 is 0. The van der Waals surface area contributed by atoms with Crippen LogP contribution in [0.5, 0.6) is 0 Å². The smallest absolute Gasteiger partial charge is 0.228 e. The van der Waals surface area contributed by atoms with Crippen LogP contribution in [-0.4, -0.2) is 27.4 Å². The molecule has 0 aliphatic rings. The van der Waals surface area contributed by atoms with Gasteiger partial charge in [0, 0.05) is 29.3 Å². The van der Waals surface area contributed by atoms with Crippen molar-refractivity contribution in [3.05, 3.63) is 64.4 Å². The molecular formula is C17H16ClN5OS. The summed E-state index contributed by atoms with van der Waals surface area (Å²) in [7, 11) is 0. The third-order valence-electron chi connectivity index (χ3n) is 3.33. The largest absolute Gasteiger partial charge is 0.355 e. The molecule has 0 aliphatic heterocycles. The number of carbonyl (C=O) groups excluding carboxylic acids is 1. The van der Waals surface area contributed by atoms with Gasteiger partial charge in [0.15, 0.2) is 5.13 Å². The van der Waals surface area contributed by atoms with Gasteiger partial charge in [0.2, 0.25) is 11.9 Å². The normalized spacial score (nSPS) is 10.4. The molecule has 1 amide bonds. The van der Waals surface area contributed by atoms with Crippen LogP contribution >= 0.6 is 22.9 Å². The number of aromatic nitrogens is 3. The lowest BCUT2D eigenvalue weighted by atomic mass is 10.1. The second kappa shape index (κ2) is 8.55. The van der Waals surface area contributed by atoms with Crippen LogP contribution in [0.2, 0.25) is 5.02 Å². The highest BCUT2D eigenvalue weighted by Crippen LogP contribution is 2.18. The highest BCUT2D eigenvalue weighted by molar-refractivity contribution is 7.13. The Morgan fingerprint density at radius 3 is 2.68 bits per heavy atom. The van der Waals surface area contributed by atoms with E-state index in [9.17, 15) is 4.79 Å². The first-order chi connectivity index (χ1) is 12.2. The molecule has 0 saturated heterocycles. The summed E-state index contributed by atoms with van der Waals surface area (Å²) >= 11 is 7.26. The fourth-order valence-electron chi connectivity index (χ4n) is 2.13. The second-order valence-electron chi connectivity index (χ2n) is 5.24. The molecule has 0 spiro atoms. The molecule has 3 aromatic rings. The van der Waals surface area contributed by atoms with Crippen molar-refractivity contribution in [2.75, 3.05) is 11.9 Å². The first-order valence-electron chi connectivity index (χ1n) is 7.68. The number of nitrogens with one attached hydrogen (secondary N) is 2. The number of halogens is 1. The van der Waals surface area contributed by atoms with Gasteiger partial charge < -0.3 is 10.6 Å². The predicted octanol–water partition coefficient (Wildman–Crippen LogP) is 3.23. The van der Waals surface area contributed by atoms with E-state index in [0.29, 0.717) is 28.3 Å². The van der Waals surface area contributed by atoms with Crippen LogP contribution in [-0.2, 0) is 17.6 Å². The molecule has 0 unspecified atom stereocenters. The Bertz CT molecular complexity index is 823. The third kappa shape index (κ3) is 5.51. The van der Waals surface area contributed by atoms with Crippen molar-refractivity contribution in [1.29, 1.82) is 0 Å². The monoisotopic (exact) mass is 373 g/mol. The summed E-state index contributed by atoms with van der Waals surface area (Å²) in [5.41, 5.74) is 1.85. The molecule has 128 valence electrons. The van der Waals surface area contributed by atoms with E-state index in [4.69, 9.17) is 11.6 Å². The first-order valence-corrected chi connectivity index (χ1v) is 8.94. The maximum atomic E-state index is 12.0. The van der Waals surface area contributed by atoms with Crippen LogP contribution in [0.4, 0.5) is 11.1 Å². The Balaban J connectivity index is 1.44. The number of hydrogen-bond acceptors (Lipinski definition) is 6. The molecule has 3 rings (SSSR count). The minimum atomic E-state index is -0.0539. The van der Waals surface area contributed by atoms with E-state index in [2.05, 4.69) is 25.6 Å². The molecule has 0 bridgehead atoms. The lowest BCUT2D eigenvalue weighted by Crippen LogP contribution is -2.27. The molecular weight excluding hydrogens is 358 g/mol. The standard InChI is InChI=1S/C17H16ClN5OS/c18-13-4-2-12(3-5-13)6-9-19-15(24)10-14-11-25-17(22-14)23-16-20-7-1-8-21-16/h1-5,7-8,11H,6,9-10H2,(H,19,24)(H,20,21,22,23). The van der Waals surface area contributed by atoms with E-state index in [1.807, 2.05) is 29.6 Å². The minimum Gasteiger partial charge on any atom is -0.355 e. The molecule has 25 heavy (non-hydrogen) atoms. The van der Waals surface area contributed by atoms with Gasteiger partial charge in [0.25, 0.3) is 0 Å². The summed E-state index contributed by atoms with van der Waals surface area (Å²) in [5.74, 6) is 0.428. The average molecular weight is 374 g/mol. The van der Waals surface area contributed by atoms with E-state index >= 15 is 0 Å². The van der Waals surface area contributed by atoms with Crippen molar-refractivity contribution < 1.29 is 4.79 Å². The number of hydrogen-bond donors (Lipinski definition) is 2. The molecule has 8 heteroatoms. The van der Waals surface area contributed by atoms with Crippen molar-refractivity contribution >= 4 is 39.9 Å². The van der Waals surface area contributed by atoms with Gasteiger partial charge >= 0.3 is 0 Å². The highest BCUT2D eigenvalue weighted by Gasteiger charge is 2.08. The Hall–Kier alpha value is -2.51. The van der Waals surface area contributed by atoms with E-state index in [0.717, 1.165) is 12.0 Å². The van der Waals surface area contributed by atoms with Gasteiger partial charge in [-0.2, -0.15) is 0 Å². The van der Waals surface area contributed by atoms with Crippen molar-refractivity contribution in [3.8, 4) is 0 Å². The average Bonchev–Trinajstić information content (AvgIpc) is 3.04. The molecule has 2 heterocycles. The number of anilines is 2. The second-order valence-corrected chi connectivity index (χ2v) is 6.54. The molecule has 0 atom stereocenters. The van der Waals surface area contributed by atoms with E-state index in [-0.39, 0.29) is 12.3 Å². The number of thiazole rings is 1. The molecule has 0 radical (unpaired) electrons. The molecule has 0 aliphatic carbocycles. The lowest BCUT2D eigenvalue weighted by Gasteiger charge is -2.04. The Morgan fingerprint density at radius 1 is 1.16 bits per heavy atom. The van der Waals surface area contributed by atoms with Gasteiger partial charge in [-0.25, -0.2) is 15.0 Å². The fourth-order valence-corrected chi connectivity index (χ4v) is 2.96. The fraction of sp³-hybridized carbons (Fsp3) is 0.176. The van der Waals surface area contributed by atoms with Crippen LogP contribution in [0.1, 0.15) is 11.3 Å². The van der Waals surface area contributed by atoms with Gasteiger partial charge in [-0.05, 0) is 30.2 Å². The number of nitrogens with zero attached hydrogens (tertiary/aromatic N) is 3. The summed E-state index contributed by atoms with van der Waals surface area (Å²) in [6, 6.07) is 9.35. The van der Waals surface area contributed by atoms with Crippen LogP contribution in [0.15, 0.2) is 48.1 Å². The van der Waals surface area contributed by atoms with Crippen LogP contribution in [0.25, 0.3) is 0 Å². The van der Waals surface area contributed by atoms with Gasteiger partial charge in [0.1, 0.15) is 0 Å².